The largest absolute Gasteiger partial charge is 0.397 e. The fraction of sp³-hybridized carbons (Fsp3) is 0.0526. The number of rotatable bonds is 3. The second-order valence-electron chi connectivity index (χ2n) is 5.65. The van der Waals surface area contributed by atoms with Crippen LogP contribution in [0.4, 0.5) is 0 Å². The van der Waals surface area contributed by atoms with E-state index in [1.54, 1.807) is 0 Å². The lowest BCUT2D eigenvalue weighted by Crippen LogP contribution is -2.04. The molecule has 0 spiro atoms. The summed E-state index contributed by atoms with van der Waals surface area (Å²) < 4.78 is 35.7. The molecule has 0 unspecified atom stereocenters. The summed E-state index contributed by atoms with van der Waals surface area (Å²) in [7, 11) is -4.50. The Morgan fingerprint density at radius 1 is 0.750 bits per heavy atom. The maximum absolute atomic E-state index is 11.0. The molecule has 0 aliphatic rings. The Bertz CT molecular complexity index is 1180. The third kappa shape index (κ3) is 2.63. The fourth-order valence-electron chi connectivity index (χ4n) is 3.20. The predicted molar refractivity (Wildman–Crippen MR) is 95.3 cm³/mol. The van der Waals surface area contributed by atoms with Crippen LogP contribution < -0.4 is 0 Å². The van der Waals surface area contributed by atoms with Crippen molar-refractivity contribution in [2.75, 3.05) is 0 Å². The van der Waals surface area contributed by atoms with E-state index in [1.807, 2.05) is 60.7 Å². The van der Waals surface area contributed by atoms with Crippen molar-refractivity contribution in [1.82, 2.24) is 0 Å². The summed E-state index contributed by atoms with van der Waals surface area (Å²) >= 11 is 0. The molecule has 24 heavy (non-hydrogen) atoms. The van der Waals surface area contributed by atoms with Crippen LogP contribution >= 0.6 is 0 Å². The molecule has 0 heterocycles. The molecule has 1 N–H and O–H groups in total. The molecular weight excluding hydrogens is 324 g/mol. The SMILES string of the molecule is O=S(=O)(O)OCc1c2ccccc2cc2c1ccc1ccccc12. The van der Waals surface area contributed by atoms with Gasteiger partial charge in [-0.3, -0.25) is 4.55 Å². The van der Waals surface area contributed by atoms with Crippen LogP contribution in [0.25, 0.3) is 32.3 Å². The number of benzene rings is 4. The molecule has 4 rings (SSSR count). The summed E-state index contributed by atoms with van der Waals surface area (Å²) in [6, 6.07) is 21.8. The topological polar surface area (TPSA) is 63.6 Å². The molecule has 0 saturated carbocycles. The summed E-state index contributed by atoms with van der Waals surface area (Å²) in [5.41, 5.74) is 0.742. The van der Waals surface area contributed by atoms with E-state index in [-0.39, 0.29) is 6.61 Å². The summed E-state index contributed by atoms with van der Waals surface area (Å²) in [5, 5.41) is 6.05. The first-order chi connectivity index (χ1) is 11.5. The van der Waals surface area contributed by atoms with Gasteiger partial charge in [-0.15, -0.1) is 0 Å². The Kier molecular flexibility index (Phi) is 3.49. The van der Waals surface area contributed by atoms with E-state index in [1.165, 1.54) is 0 Å². The second-order valence-corrected chi connectivity index (χ2v) is 6.74. The van der Waals surface area contributed by atoms with Gasteiger partial charge in [-0.2, -0.15) is 8.42 Å². The van der Waals surface area contributed by atoms with Gasteiger partial charge in [-0.1, -0.05) is 60.7 Å². The van der Waals surface area contributed by atoms with Crippen LogP contribution in [-0.4, -0.2) is 13.0 Å². The smallest absolute Gasteiger partial charge is 0.264 e. The van der Waals surface area contributed by atoms with E-state index >= 15 is 0 Å². The van der Waals surface area contributed by atoms with Gasteiger partial charge in [0.25, 0.3) is 0 Å². The highest BCUT2D eigenvalue weighted by Gasteiger charge is 2.13. The van der Waals surface area contributed by atoms with Crippen LogP contribution in [-0.2, 0) is 21.2 Å². The van der Waals surface area contributed by atoms with Crippen molar-refractivity contribution in [1.29, 1.82) is 0 Å². The van der Waals surface area contributed by atoms with Crippen LogP contribution in [0.5, 0.6) is 0 Å². The Hall–Kier alpha value is -2.47. The molecule has 4 nitrogen and oxygen atoms in total. The Labute approximate surface area is 139 Å². The molecule has 0 aliphatic heterocycles. The molecular formula is C19H14O4S. The first-order valence-corrected chi connectivity index (χ1v) is 8.83. The molecule has 120 valence electrons. The lowest BCUT2D eigenvalue weighted by atomic mass is 9.94. The second kappa shape index (κ2) is 5.56. The van der Waals surface area contributed by atoms with Crippen molar-refractivity contribution in [2.24, 2.45) is 0 Å². The fourth-order valence-corrected chi connectivity index (χ4v) is 3.47. The summed E-state index contributed by atoms with van der Waals surface area (Å²) in [4.78, 5) is 0. The van der Waals surface area contributed by atoms with Crippen molar-refractivity contribution in [3.05, 3.63) is 72.3 Å². The highest BCUT2D eigenvalue weighted by Crippen LogP contribution is 2.33. The van der Waals surface area contributed by atoms with Crippen LogP contribution in [0, 0.1) is 0 Å². The van der Waals surface area contributed by atoms with Crippen LogP contribution in [0.15, 0.2) is 66.7 Å². The van der Waals surface area contributed by atoms with Gasteiger partial charge < -0.3 is 0 Å². The number of fused-ring (bicyclic) bond motifs is 4. The average molecular weight is 338 g/mol. The van der Waals surface area contributed by atoms with Gasteiger partial charge in [0.1, 0.15) is 0 Å². The average Bonchev–Trinajstić information content (AvgIpc) is 2.57. The van der Waals surface area contributed by atoms with Crippen molar-refractivity contribution in [3.8, 4) is 0 Å². The Morgan fingerprint density at radius 3 is 2.17 bits per heavy atom. The van der Waals surface area contributed by atoms with E-state index in [2.05, 4.69) is 10.2 Å². The highest BCUT2D eigenvalue weighted by atomic mass is 32.3. The zero-order valence-corrected chi connectivity index (χ0v) is 13.5. The monoisotopic (exact) mass is 338 g/mol. The highest BCUT2D eigenvalue weighted by molar-refractivity contribution is 7.80. The molecule has 0 amide bonds. The van der Waals surface area contributed by atoms with Crippen molar-refractivity contribution < 1.29 is 17.2 Å². The molecule has 0 aliphatic carbocycles. The maximum atomic E-state index is 11.0. The van der Waals surface area contributed by atoms with Crippen molar-refractivity contribution >= 4 is 42.7 Å². The van der Waals surface area contributed by atoms with E-state index in [4.69, 9.17) is 4.55 Å². The summed E-state index contributed by atoms with van der Waals surface area (Å²) in [6.45, 7) is -0.213. The summed E-state index contributed by atoms with van der Waals surface area (Å²) in [5.74, 6) is 0. The third-order valence-corrected chi connectivity index (χ3v) is 4.65. The van der Waals surface area contributed by atoms with Gasteiger partial charge in [0.15, 0.2) is 0 Å². The molecule has 0 saturated heterocycles. The quantitative estimate of drug-likeness (QED) is 0.340. The van der Waals surface area contributed by atoms with Crippen molar-refractivity contribution in [3.63, 3.8) is 0 Å². The summed E-state index contributed by atoms with van der Waals surface area (Å²) in [6.07, 6.45) is 0. The van der Waals surface area contributed by atoms with Crippen LogP contribution in [0.1, 0.15) is 5.56 Å². The predicted octanol–water partition coefficient (Wildman–Crippen LogP) is 4.47. The minimum absolute atomic E-state index is 0.213. The molecule has 0 fully saturated rings. The van der Waals surface area contributed by atoms with Gasteiger partial charge in [0.05, 0.1) is 6.61 Å². The van der Waals surface area contributed by atoms with Crippen LogP contribution in [0.2, 0.25) is 0 Å². The lowest BCUT2D eigenvalue weighted by Gasteiger charge is -2.13. The number of hydrogen-bond acceptors (Lipinski definition) is 3. The van der Waals surface area contributed by atoms with E-state index in [0.29, 0.717) is 0 Å². The van der Waals surface area contributed by atoms with E-state index in [0.717, 1.165) is 37.9 Å². The zero-order chi connectivity index (χ0) is 16.7. The molecule has 0 radical (unpaired) electrons. The Balaban J connectivity index is 2.10. The zero-order valence-electron chi connectivity index (χ0n) is 12.6. The van der Waals surface area contributed by atoms with Gasteiger partial charge in [-0.05, 0) is 43.9 Å². The minimum Gasteiger partial charge on any atom is -0.264 e. The standard InChI is InChI=1S/C19H14O4S/c20-24(21,22)23-12-19-16-8-4-2-6-14(16)11-18-15-7-3-1-5-13(15)9-10-17(18)19/h1-11H,12H2,(H,20,21,22). The molecule has 0 atom stereocenters. The third-order valence-electron chi connectivity index (χ3n) is 4.23. The normalized spacial score (nSPS) is 12.2. The van der Waals surface area contributed by atoms with Gasteiger partial charge in [0.2, 0.25) is 0 Å². The molecule has 0 aromatic heterocycles. The maximum Gasteiger partial charge on any atom is 0.397 e. The first-order valence-electron chi connectivity index (χ1n) is 7.47. The van der Waals surface area contributed by atoms with Gasteiger partial charge in [-0.25, -0.2) is 4.18 Å². The van der Waals surface area contributed by atoms with E-state index in [9.17, 15) is 8.42 Å². The lowest BCUT2D eigenvalue weighted by molar-refractivity contribution is 0.261. The van der Waals surface area contributed by atoms with Crippen molar-refractivity contribution in [2.45, 2.75) is 6.61 Å². The molecule has 4 aromatic rings. The Morgan fingerprint density at radius 2 is 1.42 bits per heavy atom. The molecule has 4 aromatic carbocycles. The molecule has 5 heteroatoms. The van der Waals surface area contributed by atoms with E-state index < -0.39 is 10.4 Å². The first kappa shape index (κ1) is 15.1. The molecule has 0 bridgehead atoms. The van der Waals surface area contributed by atoms with Crippen LogP contribution in [0.3, 0.4) is 0 Å². The van der Waals surface area contributed by atoms with Gasteiger partial charge >= 0.3 is 10.4 Å². The van der Waals surface area contributed by atoms with Gasteiger partial charge in [0, 0.05) is 0 Å². The number of hydrogen-bond donors (Lipinski definition) is 1. The minimum atomic E-state index is -4.50.